The maximum absolute atomic E-state index is 4.17. The molecule has 2 heteroatoms. The molecule has 1 aliphatic heterocycles. The number of hydrogen-bond donors (Lipinski definition) is 0. The molecular formula is C12H18N2. The Morgan fingerprint density at radius 3 is 3.21 bits per heavy atom. The average molecular weight is 190 g/mol. The first-order chi connectivity index (χ1) is 6.90. The van der Waals surface area contributed by atoms with Crippen LogP contribution in [-0.2, 0) is 0 Å². The molecule has 1 aromatic rings. The number of nitrogens with zero attached hydrogens (tertiary/aromatic N) is 2. The Morgan fingerprint density at radius 1 is 1.57 bits per heavy atom. The topological polar surface area (TPSA) is 16.1 Å². The minimum Gasteiger partial charge on any atom is -0.370 e. The molecule has 0 N–H and O–H groups in total. The maximum Gasteiger partial charge on any atom is 0.0552 e. The summed E-state index contributed by atoms with van der Waals surface area (Å²) in [5.41, 5.74) is 1.28. The first kappa shape index (κ1) is 9.50. The second-order valence-electron chi connectivity index (χ2n) is 4.07. The Hall–Kier alpha value is -1.05. The van der Waals surface area contributed by atoms with Crippen molar-refractivity contribution in [1.82, 2.24) is 4.98 Å². The lowest BCUT2D eigenvalue weighted by Crippen LogP contribution is -2.35. The minimum atomic E-state index is 0.879. The summed E-state index contributed by atoms with van der Waals surface area (Å²) in [4.78, 5) is 6.63. The van der Waals surface area contributed by atoms with Gasteiger partial charge in [0.25, 0.3) is 0 Å². The van der Waals surface area contributed by atoms with Gasteiger partial charge < -0.3 is 4.90 Å². The molecule has 1 fully saturated rings. The quantitative estimate of drug-likeness (QED) is 0.712. The van der Waals surface area contributed by atoms with E-state index < -0.39 is 0 Å². The average Bonchev–Trinajstić information content (AvgIpc) is 2.30. The van der Waals surface area contributed by atoms with E-state index in [0.717, 1.165) is 5.92 Å². The highest BCUT2D eigenvalue weighted by atomic mass is 15.1. The molecule has 0 aromatic carbocycles. The first-order valence-electron chi connectivity index (χ1n) is 5.55. The van der Waals surface area contributed by atoms with Gasteiger partial charge in [-0.2, -0.15) is 0 Å². The summed E-state index contributed by atoms with van der Waals surface area (Å²) in [6.07, 6.45) is 7.83. The van der Waals surface area contributed by atoms with Gasteiger partial charge in [0, 0.05) is 19.3 Å². The van der Waals surface area contributed by atoms with Crippen LogP contribution in [0.2, 0.25) is 0 Å². The van der Waals surface area contributed by atoms with Gasteiger partial charge in [0.15, 0.2) is 0 Å². The van der Waals surface area contributed by atoms with Crippen LogP contribution in [0.3, 0.4) is 0 Å². The molecule has 0 aliphatic carbocycles. The van der Waals surface area contributed by atoms with Gasteiger partial charge in [-0.1, -0.05) is 13.3 Å². The predicted molar refractivity (Wildman–Crippen MR) is 59.5 cm³/mol. The van der Waals surface area contributed by atoms with E-state index in [1.807, 2.05) is 18.5 Å². The van der Waals surface area contributed by atoms with Gasteiger partial charge >= 0.3 is 0 Å². The fourth-order valence-electron chi connectivity index (χ4n) is 2.17. The minimum absolute atomic E-state index is 0.879. The molecule has 1 unspecified atom stereocenters. The summed E-state index contributed by atoms with van der Waals surface area (Å²) in [7, 11) is 0. The van der Waals surface area contributed by atoms with Crippen LogP contribution >= 0.6 is 0 Å². The Bertz CT molecular complexity index is 271. The van der Waals surface area contributed by atoms with Gasteiger partial charge in [-0.05, 0) is 30.9 Å². The highest BCUT2D eigenvalue weighted by Crippen LogP contribution is 2.23. The third kappa shape index (κ3) is 2.06. The van der Waals surface area contributed by atoms with Crippen molar-refractivity contribution in [2.24, 2.45) is 5.92 Å². The van der Waals surface area contributed by atoms with Crippen LogP contribution in [0.5, 0.6) is 0 Å². The highest BCUT2D eigenvalue weighted by molar-refractivity contribution is 5.43. The first-order valence-corrected chi connectivity index (χ1v) is 5.55. The van der Waals surface area contributed by atoms with E-state index in [9.17, 15) is 0 Å². The van der Waals surface area contributed by atoms with Crippen LogP contribution in [0.1, 0.15) is 26.2 Å². The van der Waals surface area contributed by atoms with Crippen molar-refractivity contribution in [1.29, 1.82) is 0 Å². The largest absolute Gasteiger partial charge is 0.370 e. The van der Waals surface area contributed by atoms with Gasteiger partial charge in [-0.3, -0.25) is 4.98 Å². The Labute approximate surface area is 86.0 Å². The third-order valence-electron chi connectivity index (χ3n) is 3.11. The number of hydrogen-bond acceptors (Lipinski definition) is 2. The number of piperidine rings is 1. The lowest BCUT2D eigenvalue weighted by molar-refractivity contribution is 0.404. The zero-order valence-electron chi connectivity index (χ0n) is 8.82. The summed E-state index contributed by atoms with van der Waals surface area (Å²) in [6.45, 7) is 4.70. The monoisotopic (exact) mass is 190 g/mol. The summed E-state index contributed by atoms with van der Waals surface area (Å²) in [5.74, 6) is 0.879. The molecule has 0 amide bonds. The number of rotatable bonds is 2. The molecule has 1 aromatic heterocycles. The molecule has 2 heterocycles. The van der Waals surface area contributed by atoms with Crippen LogP contribution in [0.4, 0.5) is 5.69 Å². The molecule has 2 rings (SSSR count). The van der Waals surface area contributed by atoms with E-state index in [1.165, 1.54) is 38.0 Å². The molecule has 1 saturated heterocycles. The fraction of sp³-hybridized carbons (Fsp3) is 0.583. The second-order valence-corrected chi connectivity index (χ2v) is 4.07. The number of anilines is 1. The van der Waals surface area contributed by atoms with Crippen molar-refractivity contribution in [2.45, 2.75) is 26.2 Å². The molecule has 0 radical (unpaired) electrons. The van der Waals surface area contributed by atoms with Gasteiger partial charge in [0.05, 0.1) is 11.9 Å². The molecule has 1 aliphatic rings. The van der Waals surface area contributed by atoms with E-state index in [-0.39, 0.29) is 0 Å². The summed E-state index contributed by atoms with van der Waals surface area (Å²) in [6, 6.07) is 4.18. The Morgan fingerprint density at radius 2 is 2.50 bits per heavy atom. The predicted octanol–water partition coefficient (Wildman–Crippen LogP) is 2.71. The molecule has 76 valence electrons. The lowest BCUT2D eigenvalue weighted by atomic mass is 9.95. The van der Waals surface area contributed by atoms with Crippen molar-refractivity contribution in [3.63, 3.8) is 0 Å². The molecule has 1 atom stereocenters. The Kier molecular flexibility index (Phi) is 3.02. The van der Waals surface area contributed by atoms with Crippen molar-refractivity contribution >= 4 is 5.69 Å². The lowest BCUT2D eigenvalue weighted by Gasteiger charge is -2.33. The van der Waals surface area contributed by atoms with E-state index in [0.29, 0.717) is 0 Å². The summed E-state index contributed by atoms with van der Waals surface area (Å²) < 4.78 is 0. The molecule has 2 nitrogen and oxygen atoms in total. The fourth-order valence-corrected chi connectivity index (χ4v) is 2.17. The van der Waals surface area contributed by atoms with Crippen LogP contribution in [-0.4, -0.2) is 18.1 Å². The van der Waals surface area contributed by atoms with E-state index in [1.54, 1.807) is 0 Å². The maximum atomic E-state index is 4.17. The van der Waals surface area contributed by atoms with E-state index in [4.69, 9.17) is 0 Å². The highest BCUT2D eigenvalue weighted by Gasteiger charge is 2.18. The molecular weight excluding hydrogens is 172 g/mol. The van der Waals surface area contributed by atoms with Crippen LogP contribution in [0, 0.1) is 5.92 Å². The van der Waals surface area contributed by atoms with Crippen molar-refractivity contribution in [2.75, 3.05) is 18.0 Å². The number of aromatic nitrogens is 1. The third-order valence-corrected chi connectivity index (χ3v) is 3.11. The summed E-state index contributed by atoms with van der Waals surface area (Å²) >= 11 is 0. The molecule has 0 saturated carbocycles. The van der Waals surface area contributed by atoms with Crippen molar-refractivity contribution in [3.8, 4) is 0 Å². The Balaban J connectivity index is 2.04. The standard InChI is InChI=1S/C12H18N2/c1-2-11-5-4-8-14(10-11)12-6-3-7-13-9-12/h3,6-7,9,11H,2,4-5,8,10H2,1H3. The van der Waals surface area contributed by atoms with Crippen LogP contribution < -0.4 is 4.90 Å². The SMILES string of the molecule is CCC1CCCN(c2cccnc2)C1. The molecule has 14 heavy (non-hydrogen) atoms. The van der Waals surface area contributed by atoms with Crippen molar-refractivity contribution < 1.29 is 0 Å². The van der Waals surface area contributed by atoms with E-state index >= 15 is 0 Å². The second kappa shape index (κ2) is 4.45. The van der Waals surface area contributed by atoms with Gasteiger partial charge in [-0.15, -0.1) is 0 Å². The van der Waals surface area contributed by atoms with Crippen LogP contribution in [0.25, 0.3) is 0 Å². The van der Waals surface area contributed by atoms with Gasteiger partial charge in [0.2, 0.25) is 0 Å². The van der Waals surface area contributed by atoms with Gasteiger partial charge in [0.1, 0.15) is 0 Å². The van der Waals surface area contributed by atoms with E-state index in [2.05, 4.69) is 22.9 Å². The normalized spacial score (nSPS) is 22.4. The summed E-state index contributed by atoms with van der Waals surface area (Å²) in [5, 5.41) is 0. The zero-order chi connectivity index (χ0) is 9.80. The smallest absolute Gasteiger partial charge is 0.0552 e. The number of pyridine rings is 1. The van der Waals surface area contributed by atoms with Gasteiger partial charge in [-0.25, -0.2) is 0 Å². The van der Waals surface area contributed by atoms with Crippen LogP contribution in [0.15, 0.2) is 24.5 Å². The molecule has 0 spiro atoms. The van der Waals surface area contributed by atoms with Crippen molar-refractivity contribution in [3.05, 3.63) is 24.5 Å². The zero-order valence-corrected chi connectivity index (χ0v) is 8.82. The molecule has 0 bridgehead atoms.